The van der Waals surface area contributed by atoms with Crippen LogP contribution in [0.4, 0.5) is 0 Å². The van der Waals surface area contributed by atoms with E-state index in [9.17, 15) is 4.79 Å². The van der Waals surface area contributed by atoms with Gasteiger partial charge in [-0.25, -0.2) is 4.79 Å². The maximum Gasteiger partial charge on any atom is 0.308 e. The van der Waals surface area contributed by atoms with Gasteiger partial charge in [0.1, 0.15) is 0 Å². The molecule has 0 radical (unpaired) electrons. The van der Waals surface area contributed by atoms with Crippen LogP contribution in [0.5, 0.6) is 0 Å². The number of amides is 1. The van der Waals surface area contributed by atoms with Crippen LogP contribution in [0.15, 0.2) is 0 Å². The summed E-state index contributed by atoms with van der Waals surface area (Å²) in [6, 6.07) is 0. The normalized spacial score (nSPS) is 29.9. The smallest absolute Gasteiger partial charge is 0.272 e. The van der Waals surface area contributed by atoms with Crippen LogP contribution in [-0.2, 0) is 4.79 Å². The van der Waals surface area contributed by atoms with Gasteiger partial charge >= 0.3 is 5.91 Å². The van der Waals surface area contributed by atoms with Gasteiger partial charge in [0.2, 0.25) is 0 Å². The van der Waals surface area contributed by atoms with Crippen molar-refractivity contribution in [1.82, 2.24) is 0 Å². The number of quaternary nitrogens is 1. The summed E-state index contributed by atoms with van der Waals surface area (Å²) in [5, 5.41) is 0. The average molecular weight is 240 g/mol. The van der Waals surface area contributed by atoms with Gasteiger partial charge in [-0.3, -0.25) is 4.90 Å². The van der Waals surface area contributed by atoms with E-state index in [0.29, 0.717) is 11.3 Å². The van der Waals surface area contributed by atoms with E-state index in [1.54, 1.807) is 6.92 Å². The van der Waals surface area contributed by atoms with E-state index < -0.39 is 0 Å². The molecule has 0 spiro atoms. The van der Waals surface area contributed by atoms with E-state index >= 15 is 0 Å². The maximum atomic E-state index is 11.6. The summed E-state index contributed by atoms with van der Waals surface area (Å²) in [7, 11) is 0. The van der Waals surface area contributed by atoms with Crippen LogP contribution in [0, 0.1) is 23.2 Å². The van der Waals surface area contributed by atoms with Gasteiger partial charge < -0.3 is 0 Å². The van der Waals surface area contributed by atoms with Crippen molar-refractivity contribution in [3.05, 3.63) is 0 Å². The molecule has 1 rings (SSSR count). The van der Waals surface area contributed by atoms with Crippen LogP contribution in [-0.4, -0.2) is 19.0 Å². The lowest BCUT2D eigenvalue weighted by Gasteiger charge is -2.25. The number of nitrogens with one attached hydrogen (secondary N) is 1. The number of carbonyl (C=O) groups excluding carboxylic acids is 1. The second kappa shape index (κ2) is 5.51. The lowest BCUT2D eigenvalue weighted by atomic mass is 9.78. The van der Waals surface area contributed by atoms with Crippen molar-refractivity contribution in [1.29, 1.82) is 0 Å². The molecule has 0 bridgehead atoms. The molecular weight excluding hydrogens is 210 g/mol. The molecule has 2 heteroatoms. The molecule has 3 atom stereocenters. The molecule has 1 heterocycles. The molecule has 1 aliphatic rings. The first-order valence-corrected chi connectivity index (χ1v) is 7.04. The number of likely N-dealkylation sites (tertiary alicyclic amines) is 1. The molecule has 1 N–H and O–H groups in total. The largest absolute Gasteiger partial charge is 0.308 e. The van der Waals surface area contributed by atoms with Crippen molar-refractivity contribution < 1.29 is 9.69 Å². The average Bonchev–Trinajstić information content (AvgIpc) is 2.44. The Morgan fingerprint density at radius 3 is 2.18 bits per heavy atom. The quantitative estimate of drug-likeness (QED) is 0.802. The molecule has 100 valence electrons. The van der Waals surface area contributed by atoms with E-state index in [-0.39, 0.29) is 0 Å². The summed E-state index contributed by atoms with van der Waals surface area (Å²) < 4.78 is 0. The lowest BCUT2D eigenvalue weighted by molar-refractivity contribution is -0.809. The molecule has 1 aliphatic heterocycles. The Morgan fingerprint density at radius 1 is 1.24 bits per heavy atom. The van der Waals surface area contributed by atoms with Gasteiger partial charge in [0, 0.05) is 11.8 Å². The topological polar surface area (TPSA) is 21.5 Å². The zero-order valence-electron chi connectivity index (χ0n) is 12.5. The van der Waals surface area contributed by atoms with Crippen LogP contribution < -0.4 is 4.90 Å². The first-order valence-electron chi connectivity index (χ1n) is 7.04. The third-order valence-electron chi connectivity index (χ3n) is 3.83. The molecule has 0 aromatic heterocycles. The molecule has 0 aliphatic carbocycles. The highest BCUT2D eigenvalue weighted by Gasteiger charge is 2.40. The Labute approximate surface area is 107 Å². The minimum Gasteiger partial charge on any atom is -0.272 e. The summed E-state index contributed by atoms with van der Waals surface area (Å²) >= 11 is 0. The highest BCUT2D eigenvalue weighted by atomic mass is 16.2. The Bertz CT molecular complexity index is 265. The first-order chi connectivity index (χ1) is 7.69. The molecule has 1 fully saturated rings. The molecule has 17 heavy (non-hydrogen) atoms. The zero-order chi connectivity index (χ0) is 13.2. The minimum absolute atomic E-state index is 0.329. The van der Waals surface area contributed by atoms with Gasteiger partial charge in [-0.15, -0.1) is 0 Å². The van der Waals surface area contributed by atoms with Gasteiger partial charge in [0.25, 0.3) is 0 Å². The third-order valence-corrected chi connectivity index (χ3v) is 3.83. The van der Waals surface area contributed by atoms with Crippen molar-refractivity contribution in [3.63, 3.8) is 0 Å². The maximum absolute atomic E-state index is 11.6. The summed E-state index contributed by atoms with van der Waals surface area (Å²) in [6.45, 7) is 15.4. The minimum atomic E-state index is 0.329. The van der Waals surface area contributed by atoms with Gasteiger partial charge in [-0.05, 0) is 24.2 Å². The van der Waals surface area contributed by atoms with Gasteiger partial charge in [0.05, 0.1) is 20.0 Å². The standard InChI is InChI=1S/C15H29NO/c1-11(2)7-13-9-16(12(3)17)10-14(13)8-15(4,5)6/h11,13-14H,7-10H2,1-6H3/p+1. The van der Waals surface area contributed by atoms with Crippen LogP contribution in [0.2, 0.25) is 0 Å². The fraction of sp³-hybridized carbons (Fsp3) is 0.933. The number of hydrogen-bond donors (Lipinski definition) is 1. The van der Waals surface area contributed by atoms with E-state index in [1.807, 2.05) is 0 Å². The van der Waals surface area contributed by atoms with Crippen LogP contribution in [0.1, 0.15) is 54.4 Å². The van der Waals surface area contributed by atoms with Crippen molar-refractivity contribution in [2.75, 3.05) is 13.1 Å². The summed E-state index contributed by atoms with van der Waals surface area (Å²) in [5.41, 5.74) is 0.381. The summed E-state index contributed by atoms with van der Waals surface area (Å²) in [4.78, 5) is 12.8. The van der Waals surface area contributed by atoms with Crippen molar-refractivity contribution in [3.8, 4) is 0 Å². The summed E-state index contributed by atoms with van der Waals surface area (Å²) in [6.07, 6.45) is 2.53. The van der Waals surface area contributed by atoms with Gasteiger partial charge in [0.15, 0.2) is 0 Å². The molecule has 1 saturated heterocycles. The highest BCUT2D eigenvalue weighted by Crippen LogP contribution is 2.32. The molecule has 3 unspecified atom stereocenters. The second-order valence-corrected chi connectivity index (χ2v) is 7.48. The monoisotopic (exact) mass is 240 g/mol. The molecule has 0 aromatic rings. The van der Waals surface area contributed by atoms with Crippen molar-refractivity contribution in [2.45, 2.75) is 54.4 Å². The zero-order valence-corrected chi connectivity index (χ0v) is 12.5. The Morgan fingerprint density at radius 2 is 1.76 bits per heavy atom. The van der Waals surface area contributed by atoms with E-state index in [0.717, 1.165) is 30.8 Å². The van der Waals surface area contributed by atoms with Crippen molar-refractivity contribution in [2.24, 2.45) is 23.2 Å². The van der Waals surface area contributed by atoms with Crippen LogP contribution >= 0.6 is 0 Å². The fourth-order valence-corrected chi connectivity index (χ4v) is 3.24. The molecule has 2 nitrogen and oxygen atoms in total. The van der Waals surface area contributed by atoms with E-state index in [1.165, 1.54) is 17.7 Å². The molecular formula is C15H30NO+. The van der Waals surface area contributed by atoms with E-state index in [4.69, 9.17) is 0 Å². The highest BCUT2D eigenvalue weighted by molar-refractivity contribution is 5.63. The molecule has 1 amide bonds. The predicted molar refractivity (Wildman–Crippen MR) is 71.9 cm³/mol. The van der Waals surface area contributed by atoms with E-state index in [2.05, 4.69) is 34.6 Å². The van der Waals surface area contributed by atoms with Crippen LogP contribution in [0.25, 0.3) is 0 Å². The Kier molecular flexibility index (Phi) is 4.77. The Balaban J connectivity index is 2.66. The molecule has 0 saturated carbocycles. The fourth-order valence-electron chi connectivity index (χ4n) is 3.24. The van der Waals surface area contributed by atoms with Gasteiger partial charge in [-0.1, -0.05) is 34.6 Å². The SMILES string of the molecule is CC(=O)[NH+]1CC(CC(C)C)C(CC(C)(C)C)C1. The Hall–Kier alpha value is -0.370. The van der Waals surface area contributed by atoms with Crippen LogP contribution in [0.3, 0.4) is 0 Å². The first kappa shape index (κ1) is 14.7. The van der Waals surface area contributed by atoms with Crippen molar-refractivity contribution >= 4 is 5.91 Å². The van der Waals surface area contributed by atoms with Gasteiger partial charge in [-0.2, -0.15) is 0 Å². The second-order valence-electron chi connectivity index (χ2n) is 7.48. The predicted octanol–water partition coefficient (Wildman–Crippen LogP) is 2.15. The number of rotatable bonds is 3. The number of hydrogen-bond acceptors (Lipinski definition) is 1. The number of carbonyl (C=O) groups is 1. The summed E-state index contributed by atoms with van der Waals surface area (Å²) in [5.74, 6) is 2.55. The third kappa shape index (κ3) is 4.79. The lowest BCUT2D eigenvalue weighted by Crippen LogP contribution is -3.12. The molecule has 0 aromatic carbocycles.